The van der Waals surface area contributed by atoms with E-state index in [9.17, 15) is 14.7 Å². The highest BCUT2D eigenvalue weighted by molar-refractivity contribution is 6.46. The van der Waals surface area contributed by atoms with E-state index in [4.69, 9.17) is 18.9 Å². The van der Waals surface area contributed by atoms with Crippen LogP contribution in [0.3, 0.4) is 0 Å². The first-order valence-corrected chi connectivity index (χ1v) is 13.2. The maximum Gasteiger partial charge on any atom is 0.295 e. The second kappa shape index (κ2) is 12.2. The largest absolute Gasteiger partial charge is 0.507 e. The molecule has 9 nitrogen and oxygen atoms in total. The van der Waals surface area contributed by atoms with Crippen molar-refractivity contribution in [3.05, 3.63) is 53.1 Å². The van der Waals surface area contributed by atoms with Gasteiger partial charge in [0, 0.05) is 18.7 Å². The van der Waals surface area contributed by atoms with Crippen molar-refractivity contribution in [3.8, 4) is 23.0 Å². The minimum Gasteiger partial charge on any atom is -0.507 e. The summed E-state index contributed by atoms with van der Waals surface area (Å²) in [5.74, 6) is 0.499. The lowest BCUT2D eigenvalue weighted by atomic mass is 9.94. The number of aliphatic hydroxyl groups is 1. The van der Waals surface area contributed by atoms with Crippen molar-refractivity contribution >= 4 is 17.4 Å². The number of rotatable bonds is 11. The first kappa shape index (κ1) is 27.3. The lowest BCUT2D eigenvalue weighted by molar-refractivity contribution is -0.140. The number of aliphatic hydroxyl groups excluding tert-OH is 1. The Morgan fingerprint density at radius 2 is 1.63 bits per heavy atom. The molecule has 204 valence electrons. The highest BCUT2D eigenvalue weighted by Crippen LogP contribution is 2.43. The molecule has 2 aliphatic rings. The molecule has 1 amide bonds. The summed E-state index contributed by atoms with van der Waals surface area (Å²) < 4.78 is 22.8. The van der Waals surface area contributed by atoms with Crippen LogP contribution in [-0.2, 0) is 9.59 Å². The molecule has 38 heavy (non-hydrogen) atoms. The van der Waals surface area contributed by atoms with Crippen LogP contribution < -0.4 is 18.9 Å². The number of benzene rings is 2. The third kappa shape index (κ3) is 5.43. The minimum absolute atomic E-state index is 0.0258. The molecule has 0 bridgehead atoms. The van der Waals surface area contributed by atoms with Crippen molar-refractivity contribution in [3.63, 3.8) is 0 Å². The number of ether oxygens (including phenoxy) is 4. The van der Waals surface area contributed by atoms with Gasteiger partial charge in [0.1, 0.15) is 19.0 Å². The Labute approximate surface area is 223 Å². The summed E-state index contributed by atoms with van der Waals surface area (Å²) in [6, 6.07) is 9.56. The number of hydrogen-bond acceptors (Lipinski definition) is 8. The first-order chi connectivity index (χ1) is 18.4. The second-order valence-corrected chi connectivity index (χ2v) is 8.95. The van der Waals surface area contributed by atoms with Gasteiger partial charge < -0.3 is 33.9 Å². The molecule has 1 atom stereocenters. The van der Waals surface area contributed by atoms with Gasteiger partial charge in [0.05, 0.1) is 24.8 Å². The number of fused-ring (bicyclic) bond motifs is 1. The zero-order valence-corrected chi connectivity index (χ0v) is 22.5. The summed E-state index contributed by atoms with van der Waals surface area (Å²) in [6.45, 7) is 12.1. The van der Waals surface area contributed by atoms with Crippen LogP contribution in [0.1, 0.15) is 44.9 Å². The van der Waals surface area contributed by atoms with Crippen molar-refractivity contribution in [2.45, 2.75) is 33.7 Å². The Bertz CT molecular complexity index is 1210. The Morgan fingerprint density at radius 1 is 0.947 bits per heavy atom. The van der Waals surface area contributed by atoms with Gasteiger partial charge in [0.25, 0.3) is 11.7 Å². The topological polar surface area (TPSA) is 97.8 Å². The summed E-state index contributed by atoms with van der Waals surface area (Å²) in [5, 5.41) is 11.5. The quantitative estimate of drug-likeness (QED) is 0.268. The molecule has 1 N–H and O–H groups in total. The lowest BCUT2D eigenvalue weighted by Gasteiger charge is -2.28. The van der Waals surface area contributed by atoms with E-state index in [1.54, 1.807) is 30.3 Å². The molecule has 2 aromatic rings. The highest BCUT2D eigenvalue weighted by Gasteiger charge is 2.46. The van der Waals surface area contributed by atoms with E-state index in [1.165, 1.54) is 4.90 Å². The van der Waals surface area contributed by atoms with Crippen LogP contribution >= 0.6 is 0 Å². The monoisotopic (exact) mass is 524 g/mol. The van der Waals surface area contributed by atoms with Crippen LogP contribution in [0.15, 0.2) is 42.0 Å². The van der Waals surface area contributed by atoms with Crippen LogP contribution in [0.4, 0.5) is 0 Å². The van der Waals surface area contributed by atoms with Crippen LogP contribution in [0, 0.1) is 0 Å². The van der Waals surface area contributed by atoms with E-state index in [2.05, 4.69) is 18.7 Å². The van der Waals surface area contributed by atoms with Crippen molar-refractivity contribution in [1.82, 2.24) is 9.80 Å². The highest BCUT2D eigenvalue weighted by atomic mass is 16.6. The summed E-state index contributed by atoms with van der Waals surface area (Å²) >= 11 is 0. The Hall–Kier alpha value is -3.72. The fourth-order valence-electron chi connectivity index (χ4n) is 4.83. The molecule has 0 radical (unpaired) electrons. The van der Waals surface area contributed by atoms with Gasteiger partial charge in [-0.05, 0) is 62.8 Å². The summed E-state index contributed by atoms with van der Waals surface area (Å²) in [7, 11) is 0. The van der Waals surface area contributed by atoms with E-state index in [0.29, 0.717) is 73.6 Å². The van der Waals surface area contributed by atoms with Crippen LogP contribution in [0.5, 0.6) is 23.0 Å². The molecule has 0 aromatic heterocycles. The van der Waals surface area contributed by atoms with E-state index in [0.717, 1.165) is 13.1 Å². The number of Topliss-reactive ketones (excluding diaryl/α,β-unsaturated/α-hetero) is 1. The van der Waals surface area contributed by atoms with Gasteiger partial charge in [-0.2, -0.15) is 0 Å². The van der Waals surface area contributed by atoms with E-state index < -0.39 is 17.7 Å². The zero-order valence-electron chi connectivity index (χ0n) is 22.5. The van der Waals surface area contributed by atoms with Gasteiger partial charge in [0.2, 0.25) is 0 Å². The molecule has 2 aliphatic heterocycles. The normalized spacial score (nSPS) is 18.2. The number of likely N-dealkylation sites (N-methyl/N-ethyl adjacent to an activating group) is 1. The van der Waals surface area contributed by atoms with E-state index in [-0.39, 0.29) is 11.3 Å². The molecule has 4 rings (SSSR count). The molecule has 1 saturated heterocycles. The summed E-state index contributed by atoms with van der Waals surface area (Å²) in [6.07, 6.45) is 0. The lowest BCUT2D eigenvalue weighted by Crippen LogP contribution is -2.38. The van der Waals surface area contributed by atoms with E-state index in [1.807, 2.05) is 19.9 Å². The predicted octanol–water partition coefficient (Wildman–Crippen LogP) is 4.02. The standard InChI is InChI=1S/C29H36N2O7/c1-5-30(6-2)13-14-31-26(19-9-11-21(35-7-3)23(17-19)36-8-4)25(28(33)29(31)34)27(32)20-10-12-22-24(18-20)38-16-15-37-22/h9-12,17-18,26,32H,5-8,13-16H2,1-4H3/b27-25+/t26-/m1/s1. The van der Waals surface area contributed by atoms with Crippen molar-refractivity contribution in [2.24, 2.45) is 0 Å². The minimum atomic E-state index is -0.798. The van der Waals surface area contributed by atoms with Gasteiger partial charge in [-0.3, -0.25) is 9.59 Å². The average molecular weight is 525 g/mol. The molecule has 0 spiro atoms. The molecule has 2 aromatic carbocycles. The molecule has 1 fully saturated rings. The Morgan fingerprint density at radius 3 is 2.32 bits per heavy atom. The SMILES string of the molecule is CCOc1ccc([C@@H]2/C(=C(\O)c3ccc4c(c3)OCCO4)C(=O)C(=O)N2CCN(CC)CC)cc1OCC. The van der Waals surface area contributed by atoms with Gasteiger partial charge in [-0.25, -0.2) is 0 Å². The van der Waals surface area contributed by atoms with Gasteiger partial charge in [-0.15, -0.1) is 0 Å². The van der Waals surface area contributed by atoms with Gasteiger partial charge >= 0.3 is 0 Å². The molecule has 0 saturated carbocycles. The molecular weight excluding hydrogens is 488 g/mol. The van der Waals surface area contributed by atoms with Crippen LogP contribution in [0.25, 0.3) is 5.76 Å². The van der Waals surface area contributed by atoms with Crippen LogP contribution in [0.2, 0.25) is 0 Å². The van der Waals surface area contributed by atoms with Crippen LogP contribution in [-0.4, -0.2) is 79.2 Å². The molecule has 9 heteroatoms. The molecule has 0 unspecified atom stereocenters. The van der Waals surface area contributed by atoms with Crippen molar-refractivity contribution in [1.29, 1.82) is 0 Å². The third-order valence-electron chi connectivity index (χ3n) is 6.79. The number of likely N-dealkylation sites (tertiary alicyclic amines) is 1. The predicted molar refractivity (Wildman–Crippen MR) is 143 cm³/mol. The number of ketones is 1. The van der Waals surface area contributed by atoms with Crippen molar-refractivity contribution in [2.75, 3.05) is 52.6 Å². The summed E-state index contributed by atoms with van der Waals surface area (Å²) in [4.78, 5) is 30.5. The fraction of sp³-hybridized carbons (Fsp3) is 0.448. The number of hydrogen-bond donors (Lipinski definition) is 1. The van der Waals surface area contributed by atoms with E-state index >= 15 is 0 Å². The number of carbonyl (C=O) groups excluding carboxylic acids is 2. The second-order valence-electron chi connectivity index (χ2n) is 8.95. The van der Waals surface area contributed by atoms with Gasteiger partial charge in [-0.1, -0.05) is 19.9 Å². The summed E-state index contributed by atoms with van der Waals surface area (Å²) in [5.41, 5.74) is 1.05. The van der Waals surface area contributed by atoms with Gasteiger partial charge in [0.15, 0.2) is 23.0 Å². The maximum atomic E-state index is 13.4. The smallest absolute Gasteiger partial charge is 0.295 e. The Balaban J connectivity index is 1.82. The zero-order chi connectivity index (χ0) is 27.2. The first-order valence-electron chi connectivity index (χ1n) is 13.2. The Kier molecular flexibility index (Phi) is 8.78. The van der Waals surface area contributed by atoms with Crippen molar-refractivity contribution < 1.29 is 33.6 Å². The number of nitrogens with zero attached hydrogens (tertiary/aromatic N) is 2. The maximum absolute atomic E-state index is 13.4. The fourth-order valence-corrected chi connectivity index (χ4v) is 4.83. The number of carbonyl (C=O) groups is 2. The number of amides is 1. The molecule has 2 heterocycles. The molecular formula is C29H36N2O7. The molecule has 0 aliphatic carbocycles. The third-order valence-corrected chi connectivity index (χ3v) is 6.79. The average Bonchev–Trinajstić information content (AvgIpc) is 3.19.